The van der Waals surface area contributed by atoms with E-state index in [1.54, 1.807) is 19.1 Å². The minimum atomic E-state index is -0.322. The molecule has 1 aromatic rings. The quantitative estimate of drug-likeness (QED) is 0.780. The van der Waals surface area contributed by atoms with Gasteiger partial charge in [-0.05, 0) is 50.5 Å². The largest absolute Gasteiger partial charge is 0.463 e. The van der Waals surface area contributed by atoms with Gasteiger partial charge in [-0.15, -0.1) is 0 Å². The summed E-state index contributed by atoms with van der Waals surface area (Å²) < 4.78 is 18.4. The highest BCUT2D eigenvalue weighted by atomic mass is 19.1. The number of hydrogen-bond donors (Lipinski definition) is 0. The summed E-state index contributed by atoms with van der Waals surface area (Å²) in [5.74, 6) is -0.271. The summed E-state index contributed by atoms with van der Waals surface area (Å²) >= 11 is 0. The first-order chi connectivity index (χ1) is 10.4. The van der Waals surface area contributed by atoms with Gasteiger partial charge in [0.05, 0.1) is 17.9 Å². The van der Waals surface area contributed by atoms with E-state index in [0.717, 1.165) is 17.7 Å². The summed E-state index contributed by atoms with van der Waals surface area (Å²) in [6, 6.07) is 6.08. The summed E-state index contributed by atoms with van der Waals surface area (Å²) in [6.45, 7) is 8.25. The first-order valence-electron chi connectivity index (χ1n) is 7.65. The van der Waals surface area contributed by atoms with E-state index < -0.39 is 0 Å². The van der Waals surface area contributed by atoms with Crippen LogP contribution in [0.25, 0.3) is 5.70 Å². The molecule has 0 spiro atoms. The van der Waals surface area contributed by atoms with Gasteiger partial charge in [0.25, 0.3) is 0 Å². The highest BCUT2D eigenvalue weighted by Crippen LogP contribution is 2.36. The van der Waals surface area contributed by atoms with Gasteiger partial charge in [-0.1, -0.05) is 13.8 Å². The van der Waals surface area contributed by atoms with Crippen molar-refractivity contribution in [1.29, 1.82) is 0 Å². The summed E-state index contributed by atoms with van der Waals surface area (Å²) in [7, 11) is 0. The van der Waals surface area contributed by atoms with Crippen molar-refractivity contribution in [3.05, 3.63) is 41.2 Å². The van der Waals surface area contributed by atoms with Crippen LogP contribution in [0.5, 0.6) is 0 Å². The van der Waals surface area contributed by atoms with Crippen LogP contribution in [0.3, 0.4) is 0 Å². The van der Waals surface area contributed by atoms with Crippen LogP contribution in [-0.2, 0) is 9.53 Å². The van der Waals surface area contributed by atoms with E-state index in [4.69, 9.17) is 4.74 Å². The van der Waals surface area contributed by atoms with Gasteiger partial charge in [-0.2, -0.15) is 0 Å². The number of carbonyl (C=O) groups is 1. The zero-order valence-corrected chi connectivity index (χ0v) is 13.5. The number of esters is 1. The van der Waals surface area contributed by atoms with Crippen LogP contribution >= 0.6 is 0 Å². The Hall–Kier alpha value is -1.97. The van der Waals surface area contributed by atoms with Crippen LogP contribution in [-0.4, -0.2) is 18.3 Å². The predicted molar refractivity (Wildman–Crippen MR) is 86.0 cm³/mol. The summed E-state index contributed by atoms with van der Waals surface area (Å²) in [5, 5.41) is 0. The summed E-state index contributed by atoms with van der Waals surface area (Å²) in [4.78, 5) is 17.0. The van der Waals surface area contributed by atoms with Crippen molar-refractivity contribution in [3.8, 4) is 0 Å². The maximum Gasteiger partial charge on any atom is 0.336 e. The molecule has 118 valence electrons. The monoisotopic (exact) mass is 303 g/mol. The summed E-state index contributed by atoms with van der Waals surface area (Å²) in [6.07, 6.45) is 0.747. The van der Waals surface area contributed by atoms with Crippen molar-refractivity contribution in [1.82, 2.24) is 0 Å². The van der Waals surface area contributed by atoms with Crippen LogP contribution in [0.2, 0.25) is 0 Å². The Kier molecular flexibility index (Phi) is 5.11. The Morgan fingerprint density at radius 3 is 2.55 bits per heavy atom. The number of benzene rings is 1. The van der Waals surface area contributed by atoms with E-state index in [9.17, 15) is 9.18 Å². The molecule has 0 radical (unpaired) electrons. The van der Waals surface area contributed by atoms with E-state index in [-0.39, 0.29) is 17.7 Å². The molecular formula is C18H22FNO2. The lowest BCUT2D eigenvalue weighted by atomic mass is 9.80. The van der Waals surface area contributed by atoms with Gasteiger partial charge in [-0.3, -0.25) is 4.99 Å². The smallest absolute Gasteiger partial charge is 0.336 e. The number of aliphatic imine (C=N–C) groups is 1. The Morgan fingerprint density at radius 1 is 1.36 bits per heavy atom. The average Bonchev–Trinajstić information content (AvgIpc) is 2.47. The van der Waals surface area contributed by atoms with Gasteiger partial charge in [0.1, 0.15) is 5.82 Å². The lowest BCUT2D eigenvalue weighted by molar-refractivity contribution is -0.139. The first kappa shape index (κ1) is 16.4. The van der Waals surface area contributed by atoms with Gasteiger partial charge in [-0.25, -0.2) is 9.18 Å². The second kappa shape index (κ2) is 6.86. The molecule has 1 atom stereocenters. The molecule has 0 bridgehead atoms. The topological polar surface area (TPSA) is 38.7 Å². The molecule has 1 heterocycles. The average molecular weight is 303 g/mol. The molecule has 3 nitrogen and oxygen atoms in total. The number of hydrogen-bond acceptors (Lipinski definition) is 3. The van der Waals surface area contributed by atoms with Gasteiger partial charge in [0.15, 0.2) is 0 Å². The van der Waals surface area contributed by atoms with E-state index in [1.807, 2.05) is 6.92 Å². The molecule has 0 saturated carbocycles. The van der Waals surface area contributed by atoms with E-state index >= 15 is 0 Å². The molecule has 4 heteroatoms. The zero-order chi connectivity index (χ0) is 16.3. The number of nitrogens with zero attached hydrogens (tertiary/aromatic N) is 1. The van der Waals surface area contributed by atoms with Crippen molar-refractivity contribution >= 4 is 17.4 Å². The Balaban J connectivity index is 2.59. The molecular weight excluding hydrogens is 281 g/mol. The third-order valence-electron chi connectivity index (χ3n) is 3.86. The van der Waals surface area contributed by atoms with E-state index in [0.29, 0.717) is 23.8 Å². The van der Waals surface area contributed by atoms with Crippen molar-refractivity contribution in [3.63, 3.8) is 0 Å². The molecule has 1 aliphatic heterocycles. The number of ether oxygens (including phenoxy) is 1. The fourth-order valence-electron chi connectivity index (χ4n) is 2.75. The van der Waals surface area contributed by atoms with E-state index in [2.05, 4.69) is 18.8 Å². The standard InChI is InChI=1S/C18H22FNO2/c1-5-22-18(21)16-15(11(2)3)10-12(4)20-17(16)13-6-8-14(19)9-7-13/h6-9,11,15H,5,10H2,1-4H3. The van der Waals surface area contributed by atoms with Gasteiger partial charge in [0, 0.05) is 17.2 Å². The molecule has 1 aliphatic rings. The van der Waals surface area contributed by atoms with Crippen LogP contribution in [0.1, 0.15) is 39.7 Å². The van der Waals surface area contributed by atoms with Crippen LogP contribution < -0.4 is 0 Å². The molecule has 0 N–H and O–H groups in total. The molecule has 0 aliphatic carbocycles. The molecule has 1 aromatic carbocycles. The second-order valence-corrected chi connectivity index (χ2v) is 5.89. The third-order valence-corrected chi connectivity index (χ3v) is 3.86. The molecule has 0 fully saturated rings. The Morgan fingerprint density at radius 2 is 2.00 bits per heavy atom. The second-order valence-electron chi connectivity index (χ2n) is 5.89. The van der Waals surface area contributed by atoms with Crippen LogP contribution in [0.15, 0.2) is 34.8 Å². The predicted octanol–water partition coefficient (Wildman–Crippen LogP) is 4.24. The van der Waals surface area contributed by atoms with E-state index in [1.165, 1.54) is 12.1 Å². The van der Waals surface area contributed by atoms with Gasteiger partial charge in [0.2, 0.25) is 0 Å². The van der Waals surface area contributed by atoms with Crippen LogP contribution in [0.4, 0.5) is 4.39 Å². The van der Waals surface area contributed by atoms with Gasteiger partial charge < -0.3 is 4.74 Å². The van der Waals surface area contributed by atoms with Crippen molar-refractivity contribution in [2.75, 3.05) is 6.61 Å². The van der Waals surface area contributed by atoms with Crippen LogP contribution in [0, 0.1) is 17.7 Å². The molecule has 1 unspecified atom stereocenters. The molecule has 2 rings (SSSR count). The molecule has 0 saturated heterocycles. The highest BCUT2D eigenvalue weighted by molar-refractivity contribution is 6.03. The maximum absolute atomic E-state index is 13.2. The Bertz CT molecular complexity index is 614. The van der Waals surface area contributed by atoms with Crippen molar-refractivity contribution < 1.29 is 13.9 Å². The highest BCUT2D eigenvalue weighted by Gasteiger charge is 2.32. The fourth-order valence-corrected chi connectivity index (χ4v) is 2.75. The lowest BCUT2D eigenvalue weighted by Crippen LogP contribution is -2.26. The lowest BCUT2D eigenvalue weighted by Gasteiger charge is -2.28. The molecule has 22 heavy (non-hydrogen) atoms. The van der Waals surface area contributed by atoms with Crippen molar-refractivity contribution in [2.24, 2.45) is 16.8 Å². The number of carbonyl (C=O) groups excluding carboxylic acids is 1. The van der Waals surface area contributed by atoms with Crippen molar-refractivity contribution in [2.45, 2.75) is 34.1 Å². The number of rotatable bonds is 4. The minimum absolute atomic E-state index is 0.0663. The van der Waals surface area contributed by atoms with Gasteiger partial charge >= 0.3 is 5.97 Å². The first-order valence-corrected chi connectivity index (χ1v) is 7.65. The molecule has 0 aromatic heterocycles. The number of halogens is 1. The zero-order valence-electron chi connectivity index (χ0n) is 13.5. The minimum Gasteiger partial charge on any atom is -0.463 e. The fraction of sp³-hybridized carbons (Fsp3) is 0.444. The maximum atomic E-state index is 13.2. The summed E-state index contributed by atoms with van der Waals surface area (Å²) in [5.41, 5.74) is 2.94. The SMILES string of the molecule is CCOC(=O)C1=C(c2ccc(F)cc2)N=C(C)CC1C(C)C. The Labute approximate surface area is 130 Å². The third kappa shape index (κ3) is 3.43. The molecule has 0 amide bonds. The normalized spacial score (nSPS) is 18.5.